The summed E-state index contributed by atoms with van der Waals surface area (Å²) in [5, 5.41) is 8.19. The summed E-state index contributed by atoms with van der Waals surface area (Å²) >= 11 is 5.95. The maximum atomic E-state index is 5.95. The van der Waals surface area contributed by atoms with Crippen molar-refractivity contribution in [3.8, 4) is 11.4 Å². The number of nitrogens with one attached hydrogen (secondary N) is 1. The summed E-state index contributed by atoms with van der Waals surface area (Å²) in [7, 11) is 0. The number of rotatable bonds is 4. The molecular formula is C13H14ClN3O. The Morgan fingerprint density at radius 1 is 1.44 bits per heavy atom. The maximum Gasteiger partial charge on any atom is 0.157 e. The monoisotopic (exact) mass is 263 g/mol. The number of aromatic nitrogens is 2. The van der Waals surface area contributed by atoms with Crippen molar-refractivity contribution in [3.05, 3.63) is 41.7 Å². The van der Waals surface area contributed by atoms with Crippen LogP contribution in [0.1, 0.15) is 0 Å². The molecule has 0 atom stereocenters. The van der Waals surface area contributed by atoms with Gasteiger partial charge in [-0.15, -0.1) is 0 Å². The summed E-state index contributed by atoms with van der Waals surface area (Å²) < 4.78 is 7.45. The molecule has 0 spiro atoms. The third-order valence-electron chi connectivity index (χ3n) is 2.98. The highest BCUT2D eigenvalue weighted by molar-refractivity contribution is 6.30. The van der Waals surface area contributed by atoms with Gasteiger partial charge in [-0.2, -0.15) is 5.10 Å². The molecule has 1 aromatic carbocycles. The van der Waals surface area contributed by atoms with Gasteiger partial charge in [-0.25, -0.2) is 4.68 Å². The van der Waals surface area contributed by atoms with Crippen LogP contribution in [0.15, 0.2) is 36.7 Å². The van der Waals surface area contributed by atoms with Gasteiger partial charge in [0.15, 0.2) is 5.75 Å². The van der Waals surface area contributed by atoms with Gasteiger partial charge in [0, 0.05) is 24.0 Å². The molecule has 18 heavy (non-hydrogen) atoms. The van der Waals surface area contributed by atoms with E-state index in [4.69, 9.17) is 16.3 Å². The predicted octanol–water partition coefficient (Wildman–Crippen LogP) is 2.12. The van der Waals surface area contributed by atoms with Crippen molar-refractivity contribution in [2.75, 3.05) is 19.7 Å². The number of hydrogen-bond donors (Lipinski definition) is 1. The highest BCUT2D eigenvalue weighted by atomic mass is 35.5. The van der Waals surface area contributed by atoms with Crippen molar-refractivity contribution in [1.29, 1.82) is 0 Å². The molecule has 1 N–H and O–H groups in total. The molecule has 0 aliphatic carbocycles. The van der Waals surface area contributed by atoms with Gasteiger partial charge >= 0.3 is 0 Å². The molecule has 4 nitrogen and oxygen atoms in total. The van der Waals surface area contributed by atoms with E-state index in [1.54, 1.807) is 10.9 Å². The molecule has 1 saturated heterocycles. The second kappa shape index (κ2) is 5.00. The van der Waals surface area contributed by atoms with Crippen LogP contribution in [0.2, 0.25) is 5.02 Å². The Kier molecular flexibility index (Phi) is 3.21. The molecule has 5 heteroatoms. The van der Waals surface area contributed by atoms with Crippen LogP contribution >= 0.6 is 11.6 Å². The van der Waals surface area contributed by atoms with E-state index in [-0.39, 0.29) is 0 Å². The van der Waals surface area contributed by atoms with Gasteiger partial charge in [0.25, 0.3) is 0 Å². The van der Waals surface area contributed by atoms with Crippen molar-refractivity contribution in [3.63, 3.8) is 0 Å². The van der Waals surface area contributed by atoms with Crippen LogP contribution in [-0.2, 0) is 0 Å². The molecule has 0 saturated carbocycles. The zero-order chi connectivity index (χ0) is 12.4. The SMILES string of the molecule is Clc1cccc(-n2cc(OCC3CNC3)cn2)c1. The Labute approximate surface area is 111 Å². The largest absolute Gasteiger partial charge is 0.490 e. The molecule has 0 unspecified atom stereocenters. The number of benzene rings is 1. The molecule has 1 aliphatic heterocycles. The molecule has 1 fully saturated rings. The lowest BCUT2D eigenvalue weighted by Crippen LogP contribution is -2.45. The lowest BCUT2D eigenvalue weighted by atomic mass is 10.1. The van der Waals surface area contributed by atoms with Crippen molar-refractivity contribution in [2.45, 2.75) is 0 Å². The van der Waals surface area contributed by atoms with Crippen LogP contribution in [0, 0.1) is 5.92 Å². The molecule has 0 bridgehead atoms. The smallest absolute Gasteiger partial charge is 0.157 e. The van der Waals surface area contributed by atoms with E-state index in [1.165, 1.54) is 0 Å². The van der Waals surface area contributed by atoms with E-state index in [1.807, 2.05) is 30.5 Å². The standard InChI is InChI=1S/C13H14ClN3O/c14-11-2-1-3-12(4-11)17-8-13(7-16-17)18-9-10-5-15-6-10/h1-4,7-8,10,15H,5-6,9H2. The third kappa shape index (κ3) is 2.49. The lowest BCUT2D eigenvalue weighted by molar-refractivity contribution is 0.199. The van der Waals surface area contributed by atoms with Gasteiger partial charge in [-0.3, -0.25) is 0 Å². The van der Waals surface area contributed by atoms with E-state index in [0.29, 0.717) is 10.9 Å². The minimum absolute atomic E-state index is 0.625. The highest BCUT2D eigenvalue weighted by Gasteiger charge is 2.17. The fourth-order valence-corrected chi connectivity index (χ4v) is 2.01. The van der Waals surface area contributed by atoms with E-state index < -0.39 is 0 Å². The predicted molar refractivity (Wildman–Crippen MR) is 70.4 cm³/mol. The summed E-state index contributed by atoms with van der Waals surface area (Å²) in [5.41, 5.74) is 0.933. The lowest BCUT2D eigenvalue weighted by Gasteiger charge is -2.26. The maximum absolute atomic E-state index is 5.95. The Bertz CT molecular complexity index is 537. The quantitative estimate of drug-likeness (QED) is 0.919. The molecule has 0 amide bonds. The molecule has 3 rings (SSSR count). The third-order valence-corrected chi connectivity index (χ3v) is 3.22. The normalized spacial score (nSPS) is 15.4. The zero-order valence-electron chi connectivity index (χ0n) is 9.84. The van der Waals surface area contributed by atoms with Crippen molar-refractivity contribution in [1.82, 2.24) is 15.1 Å². The summed E-state index contributed by atoms with van der Waals surface area (Å²) in [6, 6.07) is 7.57. The second-order valence-corrected chi connectivity index (χ2v) is 4.87. The Morgan fingerprint density at radius 2 is 2.33 bits per heavy atom. The first-order chi connectivity index (χ1) is 8.81. The fourth-order valence-electron chi connectivity index (χ4n) is 1.82. The summed E-state index contributed by atoms with van der Waals surface area (Å²) in [6.45, 7) is 2.83. The first-order valence-electron chi connectivity index (χ1n) is 5.95. The number of nitrogens with zero attached hydrogens (tertiary/aromatic N) is 2. The average molecular weight is 264 g/mol. The first-order valence-corrected chi connectivity index (χ1v) is 6.33. The van der Waals surface area contributed by atoms with Gasteiger partial charge in [0.05, 0.1) is 24.7 Å². The van der Waals surface area contributed by atoms with Crippen LogP contribution in [0.25, 0.3) is 5.69 Å². The summed E-state index contributed by atoms with van der Waals surface area (Å²) in [4.78, 5) is 0. The van der Waals surface area contributed by atoms with Gasteiger partial charge in [0.1, 0.15) is 0 Å². The number of ether oxygens (including phenoxy) is 1. The minimum atomic E-state index is 0.625. The minimum Gasteiger partial charge on any atom is -0.490 e. The van der Waals surface area contributed by atoms with Crippen LogP contribution in [0.3, 0.4) is 0 Å². The summed E-state index contributed by atoms with van der Waals surface area (Å²) in [5.74, 6) is 1.42. The fraction of sp³-hybridized carbons (Fsp3) is 0.308. The summed E-state index contributed by atoms with van der Waals surface area (Å²) in [6.07, 6.45) is 3.60. The van der Waals surface area contributed by atoms with Crippen LogP contribution < -0.4 is 10.1 Å². The molecule has 2 aromatic rings. The molecular weight excluding hydrogens is 250 g/mol. The molecule has 2 heterocycles. The van der Waals surface area contributed by atoms with Gasteiger partial charge in [0.2, 0.25) is 0 Å². The Morgan fingerprint density at radius 3 is 3.06 bits per heavy atom. The van der Waals surface area contributed by atoms with Crippen molar-refractivity contribution >= 4 is 11.6 Å². The van der Waals surface area contributed by atoms with Crippen LogP contribution in [0.4, 0.5) is 0 Å². The number of hydrogen-bond acceptors (Lipinski definition) is 3. The first kappa shape index (κ1) is 11.6. The van der Waals surface area contributed by atoms with Gasteiger partial charge in [-0.05, 0) is 18.2 Å². The molecule has 0 radical (unpaired) electrons. The van der Waals surface area contributed by atoms with E-state index in [9.17, 15) is 0 Å². The van der Waals surface area contributed by atoms with Crippen molar-refractivity contribution in [2.24, 2.45) is 5.92 Å². The average Bonchev–Trinajstić information content (AvgIpc) is 2.76. The Hall–Kier alpha value is -1.52. The van der Waals surface area contributed by atoms with E-state index in [2.05, 4.69) is 10.4 Å². The van der Waals surface area contributed by atoms with E-state index >= 15 is 0 Å². The molecule has 1 aromatic heterocycles. The highest BCUT2D eigenvalue weighted by Crippen LogP contribution is 2.18. The van der Waals surface area contributed by atoms with E-state index in [0.717, 1.165) is 31.1 Å². The van der Waals surface area contributed by atoms with Crippen LogP contribution in [-0.4, -0.2) is 29.5 Å². The van der Waals surface area contributed by atoms with Crippen LogP contribution in [0.5, 0.6) is 5.75 Å². The second-order valence-electron chi connectivity index (χ2n) is 4.44. The van der Waals surface area contributed by atoms with Gasteiger partial charge in [-0.1, -0.05) is 17.7 Å². The zero-order valence-corrected chi connectivity index (χ0v) is 10.6. The molecule has 1 aliphatic rings. The molecule has 94 valence electrons. The number of halogens is 1. The van der Waals surface area contributed by atoms with Crippen molar-refractivity contribution < 1.29 is 4.74 Å². The topological polar surface area (TPSA) is 39.1 Å². The van der Waals surface area contributed by atoms with Gasteiger partial charge < -0.3 is 10.1 Å². The Balaban J connectivity index is 1.68.